The number of carbonyl (C=O) groups excluding carboxylic acids is 1. The third-order valence-corrected chi connectivity index (χ3v) is 4.04. The summed E-state index contributed by atoms with van der Waals surface area (Å²) >= 11 is 0. The first-order valence-corrected chi connectivity index (χ1v) is 6.78. The molecule has 0 aromatic carbocycles. The first-order valence-electron chi connectivity index (χ1n) is 6.78. The lowest BCUT2D eigenvalue weighted by atomic mass is 9.86. The monoisotopic (exact) mass is 260 g/mol. The van der Waals surface area contributed by atoms with Crippen molar-refractivity contribution in [2.45, 2.75) is 63.3 Å². The van der Waals surface area contributed by atoms with Gasteiger partial charge in [-0.3, -0.25) is 4.79 Å². The SMILES string of the molecule is Cl.NC1(C(=O)NCCCC2CCCCC2)CC1. The fourth-order valence-electron chi connectivity index (χ4n) is 2.61. The molecule has 0 bridgehead atoms. The summed E-state index contributed by atoms with van der Waals surface area (Å²) in [5.41, 5.74) is 5.31. The Morgan fingerprint density at radius 3 is 2.47 bits per heavy atom. The van der Waals surface area contributed by atoms with E-state index in [-0.39, 0.29) is 18.3 Å². The van der Waals surface area contributed by atoms with Gasteiger partial charge in [0.1, 0.15) is 0 Å². The molecule has 2 aliphatic rings. The van der Waals surface area contributed by atoms with E-state index in [2.05, 4.69) is 5.32 Å². The molecule has 4 heteroatoms. The second-order valence-electron chi connectivity index (χ2n) is 5.56. The molecule has 1 amide bonds. The molecular weight excluding hydrogens is 236 g/mol. The zero-order valence-electron chi connectivity index (χ0n) is 10.5. The molecule has 2 fully saturated rings. The van der Waals surface area contributed by atoms with E-state index in [0.29, 0.717) is 0 Å². The van der Waals surface area contributed by atoms with E-state index < -0.39 is 5.54 Å². The Morgan fingerprint density at radius 2 is 1.88 bits per heavy atom. The highest BCUT2D eigenvalue weighted by Gasteiger charge is 2.45. The molecule has 2 aliphatic carbocycles. The van der Waals surface area contributed by atoms with Crippen LogP contribution in [0.1, 0.15) is 57.8 Å². The van der Waals surface area contributed by atoms with Crippen LogP contribution in [0.15, 0.2) is 0 Å². The van der Waals surface area contributed by atoms with Crippen molar-refractivity contribution < 1.29 is 4.79 Å². The quantitative estimate of drug-likeness (QED) is 0.746. The number of nitrogens with two attached hydrogens (primary N) is 1. The van der Waals surface area contributed by atoms with Crippen LogP contribution in [-0.4, -0.2) is 18.0 Å². The van der Waals surface area contributed by atoms with E-state index in [0.717, 1.165) is 31.7 Å². The van der Waals surface area contributed by atoms with Gasteiger partial charge in [0.15, 0.2) is 0 Å². The minimum absolute atomic E-state index is 0. The van der Waals surface area contributed by atoms with Gasteiger partial charge in [0.05, 0.1) is 5.54 Å². The van der Waals surface area contributed by atoms with Crippen molar-refractivity contribution in [2.75, 3.05) is 6.54 Å². The Morgan fingerprint density at radius 1 is 1.24 bits per heavy atom. The van der Waals surface area contributed by atoms with Gasteiger partial charge in [-0.15, -0.1) is 12.4 Å². The lowest BCUT2D eigenvalue weighted by Gasteiger charge is -2.21. The summed E-state index contributed by atoms with van der Waals surface area (Å²) in [6.45, 7) is 0.814. The van der Waals surface area contributed by atoms with Crippen LogP contribution < -0.4 is 11.1 Å². The highest BCUT2D eigenvalue weighted by atomic mass is 35.5. The lowest BCUT2D eigenvalue weighted by molar-refractivity contribution is -0.123. The third kappa shape index (κ3) is 4.47. The van der Waals surface area contributed by atoms with Crippen LogP contribution in [0.25, 0.3) is 0 Å². The molecule has 17 heavy (non-hydrogen) atoms. The molecule has 0 atom stereocenters. The van der Waals surface area contributed by atoms with Crippen LogP contribution >= 0.6 is 12.4 Å². The molecular formula is C13H25ClN2O. The summed E-state index contributed by atoms with van der Waals surface area (Å²) in [7, 11) is 0. The standard InChI is InChI=1S/C13H24N2O.ClH/c14-13(8-9-13)12(16)15-10-4-7-11-5-2-1-3-6-11;/h11H,1-10,14H2,(H,15,16);1H. The number of rotatable bonds is 5. The Balaban J connectivity index is 0.00000144. The van der Waals surface area contributed by atoms with Gasteiger partial charge < -0.3 is 11.1 Å². The summed E-state index contributed by atoms with van der Waals surface area (Å²) in [6.07, 6.45) is 11.1. The molecule has 100 valence electrons. The van der Waals surface area contributed by atoms with Crippen molar-refractivity contribution in [2.24, 2.45) is 11.7 Å². The maximum atomic E-state index is 11.5. The smallest absolute Gasteiger partial charge is 0.240 e. The number of halogens is 1. The normalized spacial score (nSPS) is 22.6. The summed E-state index contributed by atoms with van der Waals surface area (Å²) < 4.78 is 0. The minimum Gasteiger partial charge on any atom is -0.355 e. The van der Waals surface area contributed by atoms with Crippen molar-refractivity contribution in [1.29, 1.82) is 0 Å². The van der Waals surface area contributed by atoms with E-state index in [9.17, 15) is 4.79 Å². The van der Waals surface area contributed by atoms with Gasteiger partial charge in [0, 0.05) is 6.54 Å². The highest BCUT2D eigenvalue weighted by molar-refractivity contribution is 5.88. The van der Waals surface area contributed by atoms with Gasteiger partial charge in [0.25, 0.3) is 0 Å². The highest BCUT2D eigenvalue weighted by Crippen LogP contribution is 2.32. The average molecular weight is 261 g/mol. The van der Waals surface area contributed by atoms with Crippen molar-refractivity contribution in [3.05, 3.63) is 0 Å². The molecule has 0 spiro atoms. The number of nitrogens with one attached hydrogen (secondary N) is 1. The van der Waals surface area contributed by atoms with Gasteiger partial charge in [-0.1, -0.05) is 32.1 Å². The Labute approximate surface area is 110 Å². The predicted molar refractivity (Wildman–Crippen MR) is 72.2 cm³/mol. The Bertz CT molecular complexity index is 248. The zero-order valence-corrected chi connectivity index (χ0v) is 11.4. The maximum absolute atomic E-state index is 11.5. The predicted octanol–water partition coefficient (Wildman–Crippen LogP) is 2.38. The number of carbonyl (C=O) groups is 1. The molecule has 0 unspecified atom stereocenters. The van der Waals surface area contributed by atoms with Crippen LogP contribution in [0, 0.1) is 5.92 Å². The van der Waals surface area contributed by atoms with E-state index in [1.54, 1.807) is 0 Å². The molecule has 0 aromatic rings. The number of hydrogen-bond acceptors (Lipinski definition) is 2. The van der Waals surface area contributed by atoms with Gasteiger partial charge in [-0.2, -0.15) is 0 Å². The fourth-order valence-corrected chi connectivity index (χ4v) is 2.61. The second kappa shape index (κ2) is 6.60. The molecule has 0 radical (unpaired) electrons. The van der Waals surface area contributed by atoms with Crippen LogP contribution in [-0.2, 0) is 4.79 Å². The largest absolute Gasteiger partial charge is 0.355 e. The van der Waals surface area contributed by atoms with Crippen LogP contribution in [0.3, 0.4) is 0 Å². The summed E-state index contributed by atoms with van der Waals surface area (Å²) in [4.78, 5) is 11.5. The van der Waals surface area contributed by atoms with E-state index >= 15 is 0 Å². The van der Waals surface area contributed by atoms with Crippen molar-refractivity contribution >= 4 is 18.3 Å². The van der Waals surface area contributed by atoms with Gasteiger partial charge in [0.2, 0.25) is 5.91 Å². The molecule has 0 aromatic heterocycles. The van der Waals surface area contributed by atoms with Gasteiger partial charge in [-0.05, 0) is 31.6 Å². The lowest BCUT2D eigenvalue weighted by Crippen LogP contribution is -2.43. The van der Waals surface area contributed by atoms with Gasteiger partial charge in [-0.25, -0.2) is 0 Å². The third-order valence-electron chi connectivity index (χ3n) is 4.04. The van der Waals surface area contributed by atoms with E-state index in [4.69, 9.17) is 5.73 Å². The summed E-state index contributed by atoms with van der Waals surface area (Å²) in [6, 6.07) is 0. The maximum Gasteiger partial charge on any atom is 0.240 e. The fraction of sp³-hybridized carbons (Fsp3) is 0.923. The van der Waals surface area contributed by atoms with Crippen molar-refractivity contribution in [3.8, 4) is 0 Å². The Hall–Kier alpha value is -0.280. The minimum atomic E-state index is -0.495. The van der Waals surface area contributed by atoms with Crippen LogP contribution in [0.5, 0.6) is 0 Å². The van der Waals surface area contributed by atoms with Crippen molar-refractivity contribution in [1.82, 2.24) is 5.32 Å². The van der Waals surface area contributed by atoms with Crippen LogP contribution in [0.4, 0.5) is 0 Å². The van der Waals surface area contributed by atoms with Crippen LogP contribution in [0.2, 0.25) is 0 Å². The van der Waals surface area contributed by atoms with E-state index in [1.807, 2.05) is 0 Å². The topological polar surface area (TPSA) is 55.1 Å². The molecule has 0 heterocycles. The number of hydrogen-bond donors (Lipinski definition) is 2. The van der Waals surface area contributed by atoms with E-state index in [1.165, 1.54) is 38.5 Å². The number of amides is 1. The first-order chi connectivity index (χ1) is 7.71. The Kier molecular flexibility index (Phi) is 5.74. The average Bonchev–Trinajstić information content (AvgIpc) is 3.05. The summed E-state index contributed by atoms with van der Waals surface area (Å²) in [5.74, 6) is 0.981. The first kappa shape index (κ1) is 14.8. The van der Waals surface area contributed by atoms with Gasteiger partial charge >= 0.3 is 0 Å². The molecule has 2 rings (SSSR count). The molecule has 2 saturated carbocycles. The molecule has 0 saturated heterocycles. The summed E-state index contributed by atoms with van der Waals surface area (Å²) in [5, 5.41) is 2.96. The zero-order chi connectivity index (χ0) is 11.4. The molecule has 3 N–H and O–H groups in total. The molecule has 0 aliphatic heterocycles. The second-order valence-corrected chi connectivity index (χ2v) is 5.56. The van der Waals surface area contributed by atoms with Crippen molar-refractivity contribution in [3.63, 3.8) is 0 Å². The molecule has 3 nitrogen and oxygen atoms in total.